The Labute approximate surface area is 119 Å². The summed E-state index contributed by atoms with van der Waals surface area (Å²) in [6, 6.07) is 6.20. The molecule has 2 rings (SSSR count). The maximum atomic E-state index is 12.7. The Morgan fingerprint density at radius 2 is 1.80 bits per heavy atom. The van der Waals surface area contributed by atoms with E-state index < -0.39 is 0 Å². The molecule has 1 fully saturated rings. The van der Waals surface area contributed by atoms with Gasteiger partial charge in [0.05, 0.1) is 6.54 Å². The van der Waals surface area contributed by atoms with E-state index in [0.717, 1.165) is 18.8 Å². The predicted molar refractivity (Wildman–Crippen MR) is 78.2 cm³/mol. The number of piperidine rings is 1. The molecule has 0 radical (unpaired) electrons. The highest BCUT2D eigenvalue weighted by atomic mass is 19.1. The number of likely N-dealkylation sites (tertiary alicyclic amines) is 1. The van der Waals surface area contributed by atoms with E-state index in [9.17, 15) is 9.18 Å². The number of anilines is 1. The molecule has 0 unspecified atom stereocenters. The molecule has 0 saturated carbocycles. The number of halogens is 1. The van der Waals surface area contributed by atoms with Crippen LogP contribution in [-0.4, -0.2) is 43.5 Å². The Balaban J connectivity index is 1.58. The molecule has 0 atom stereocenters. The third-order valence-electron chi connectivity index (χ3n) is 3.44. The van der Waals surface area contributed by atoms with Gasteiger partial charge in [-0.1, -0.05) is 6.42 Å². The number of carbonyl (C=O) groups excluding carboxylic acids is 1. The molecule has 0 spiro atoms. The predicted octanol–water partition coefficient (Wildman–Crippen LogP) is 1.84. The fraction of sp³-hybridized carbons (Fsp3) is 0.533. The first-order valence-electron chi connectivity index (χ1n) is 7.22. The minimum Gasteiger partial charge on any atom is -0.383 e. The van der Waals surface area contributed by atoms with Crippen LogP contribution in [0.2, 0.25) is 0 Å². The summed E-state index contributed by atoms with van der Waals surface area (Å²) >= 11 is 0. The van der Waals surface area contributed by atoms with Gasteiger partial charge >= 0.3 is 0 Å². The van der Waals surface area contributed by atoms with Crippen molar-refractivity contribution in [3.8, 4) is 0 Å². The fourth-order valence-corrected chi connectivity index (χ4v) is 2.35. The molecule has 1 saturated heterocycles. The smallest absolute Gasteiger partial charge is 0.234 e. The van der Waals surface area contributed by atoms with Gasteiger partial charge in [-0.2, -0.15) is 0 Å². The molecule has 1 aromatic rings. The van der Waals surface area contributed by atoms with E-state index in [-0.39, 0.29) is 11.7 Å². The molecular formula is C15H22FN3O. The minimum atomic E-state index is -0.245. The molecule has 1 amide bonds. The van der Waals surface area contributed by atoms with Gasteiger partial charge in [0.2, 0.25) is 5.91 Å². The van der Waals surface area contributed by atoms with Crippen LogP contribution in [0.25, 0.3) is 0 Å². The van der Waals surface area contributed by atoms with Gasteiger partial charge in [-0.25, -0.2) is 4.39 Å². The van der Waals surface area contributed by atoms with Crippen LogP contribution in [0.3, 0.4) is 0 Å². The zero-order valence-corrected chi connectivity index (χ0v) is 11.7. The van der Waals surface area contributed by atoms with Gasteiger partial charge in [0.25, 0.3) is 0 Å². The van der Waals surface area contributed by atoms with Crippen LogP contribution in [0, 0.1) is 5.82 Å². The Morgan fingerprint density at radius 3 is 2.50 bits per heavy atom. The fourth-order valence-electron chi connectivity index (χ4n) is 2.35. The van der Waals surface area contributed by atoms with Gasteiger partial charge in [0, 0.05) is 18.8 Å². The summed E-state index contributed by atoms with van der Waals surface area (Å²) in [5.74, 6) is -0.168. The molecule has 1 aliphatic heterocycles. The largest absolute Gasteiger partial charge is 0.383 e. The number of rotatable bonds is 6. The van der Waals surface area contributed by atoms with Crippen molar-refractivity contribution in [2.75, 3.05) is 38.0 Å². The SMILES string of the molecule is O=C(CN1CCCCC1)NCCNc1ccc(F)cc1. The lowest BCUT2D eigenvalue weighted by Crippen LogP contribution is -2.41. The zero-order chi connectivity index (χ0) is 14.2. The first-order chi connectivity index (χ1) is 9.74. The number of hydrogen-bond donors (Lipinski definition) is 2. The van der Waals surface area contributed by atoms with Gasteiger partial charge < -0.3 is 10.6 Å². The van der Waals surface area contributed by atoms with Crippen molar-refractivity contribution in [1.29, 1.82) is 0 Å². The number of carbonyl (C=O) groups is 1. The normalized spacial score (nSPS) is 15.8. The minimum absolute atomic E-state index is 0.0767. The van der Waals surface area contributed by atoms with Gasteiger partial charge in [0.1, 0.15) is 5.82 Å². The summed E-state index contributed by atoms with van der Waals surface area (Å²) in [6.07, 6.45) is 3.67. The van der Waals surface area contributed by atoms with Gasteiger partial charge in [-0.05, 0) is 50.2 Å². The summed E-state index contributed by atoms with van der Waals surface area (Å²) < 4.78 is 12.7. The van der Waals surface area contributed by atoms with E-state index in [1.54, 1.807) is 12.1 Å². The Morgan fingerprint density at radius 1 is 1.10 bits per heavy atom. The second kappa shape index (κ2) is 7.85. The number of benzene rings is 1. The highest BCUT2D eigenvalue weighted by Crippen LogP contribution is 2.08. The molecule has 1 heterocycles. The number of nitrogens with zero attached hydrogens (tertiary/aromatic N) is 1. The monoisotopic (exact) mass is 279 g/mol. The summed E-state index contributed by atoms with van der Waals surface area (Å²) in [7, 11) is 0. The summed E-state index contributed by atoms with van der Waals surface area (Å²) in [5.41, 5.74) is 0.858. The van der Waals surface area contributed by atoms with Crippen LogP contribution in [0.4, 0.5) is 10.1 Å². The molecular weight excluding hydrogens is 257 g/mol. The lowest BCUT2D eigenvalue weighted by atomic mass is 10.1. The van der Waals surface area contributed by atoms with Gasteiger partial charge in [-0.15, -0.1) is 0 Å². The van der Waals surface area contributed by atoms with Crippen LogP contribution >= 0.6 is 0 Å². The molecule has 5 heteroatoms. The van der Waals surface area contributed by atoms with Crippen molar-refractivity contribution in [2.24, 2.45) is 0 Å². The third kappa shape index (κ3) is 5.17. The van der Waals surface area contributed by atoms with Gasteiger partial charge in [0.15, 0.2) is 0 Å². The van der Waals surface area contributed by atoms with Crippen LogP contribution in [0.1, 0.15) is 19.3 Å². The average molecular weight is 279 g/mol. The van der Waals surface area contributed by atoms with Crippen LogP contribution in [-0.2, 0) is 4.79 Å². The number of amides is 1. The van der Waals surface area contributed by atoms with E-state index in [4.69, 9.17) is 0 Å². The zero-order valence-electron chi connectivity index (χ0n) is 11.7. The molecule has 0 aromatic heterocycles. The number of hydrogen-bond acceptors (Lipinski definition) is 3. The lowest BCUT2D eigenvalue weighted by molar-refractivity contribution is -0.122. The Bertz CT molecular complexity index is 416. The summed E-state index contributed by atoms with van der Waals surface area (Å²) in [6.45, 7) is 3.76. The maximum Gasteiger partial charge on any atom is 0.234 e. The van der Waals surface area contributed by atoms with Crippen molar-refractivity contribution in [3.05, 3.63) is 30.1 Å². The van der Waals surface area contributed by atoms with E-state index in [0.29, 0.717) is 19.6 Å². The van der Waals surface area contributed by atoms with Gasteiger partial charge in [-0.3, -0.25) is 9.69 Å². The number of nitrogens with one attached hydrogen (secondary N) is 2. The maximum absolute atomic E-state index is 12.7. The first-order valence-corrected chi connectivity index (χ1v) is 7.22. The second-order valence-electron chi connectivity index (χ2n) is 5.12. The molecule has 1 aliphatic rings. The van der Waals surface area contributed by atoms with E-state index in [1.165, 1.54) is 31.4 Å². The van der Waals surface area contributed by atoms with Crippen molar-refractivity contribution < 1.29 is 9.18 Å². The summed E-state index contributed by atoms with van der Waals surface area (Å²) in [4.78, 5) is 13.9. The summed E-state index contributed by atoms with van der Waals surface area (Å²) in [5, 5.41) is 6.03. The van der Waals surface area contributed by atoms with Crippen LogP contribution in [0.15, 0.2) is 24.3 Å². The topological polar surface area (TPSA) is 44.4 Å². The van der Waals surface area contributed by atoms with Crippen LogP contribution < -0.4 is 10.6 Å². The second-order valence-corrected chi connectivity index (χ2v) is 5.12. The highest BCUT2D eigenvalue weighted by Gasteiger charge is 2.13. The highest BCUT2D eigenvalue weighted by molar-refractivity contribution is 5.78. The quantitative estimate of drug-likeness (QED) is 0.781. The van der Waals surface area contributed by atoms with E-state index >= 15 is 0 Å². The molecule has 1 aromatic carbocycles. The average Bonchev–Trinajstić information content (AvgIpc) is 2.46. The third-order valence-corrected chi connectivity index (χ3v) is 3.44. The van der Waals surface area contributed by atoms with Crippen molar-refractivity contribution >= 4 is 11.6 Å². The molecule has 0 bridgehead atoms. The molecule has 2 N–H and O–H groups in total. The molecule has 0 aliphatic carbocycles. The molecule has 20 heavy (non-hydrogen) atoms. The molecule has 4 nitrogen and oxygen atoms in total. The van der Waals surface area contributed by atoms with E-state index in [1.807, 2.05) is 0 Å². The van der Waals surface area contributed by atoms with Crippen molar-refractivity contribution in [1.82, 2.24) is 10.2 Å². The Hall–Kier alpha value is -1.62. The molecule has 110 valence electrons. The Kier molecular flexibility index (Phi) is 5.80. The standard InChI is InChI=1S/C15H22FN3O/c16-13-4-6-14(7-5-13)17-8-9-18-15(20)12-19-10-2-1-3-11-19/h4-7,17H,1-3,8-12H2,(H,18,20). The van der Waals surface area contributed by atoms with Crippen molar-refractivity contribution in [2.45, 2.75) is 19.3 Å². The first kappa shape index (κ1) is 14.8. The van der Waals surface area contributed by atoms with Crippen LogP contribution in [0.5, 0.6) is 0 Å². The van der Waals surface area contributed by atoms with E-state index in [2.05, 4.69) is 15.5 Å². The lowest BCUT2D eigenvalue weighted by Gasteiger charge is -2.25. The van der Waals surface area contributed by atoms with Crippen molar-refractivity contribution in [3.63, 3.8) is 0 Å².